The molecule has 2 atom stereocenters. The molecule has 0 unspecified atom stereocenters. The van der Waals surface area contributed by atoms with Crippen molar-refractivity contribution in [2.75, 3.05) is 18.0 Å². The number of rotatable bonds is 1. The van der Waals surface area contributed by atoms with E-state index < -0.39 is 5.82 Å². The van der Waals surface area contributed by atoms with Crippen molar-refractivity contribution in [1.82, 2.24) is 10.3 Å². The second-order valence-electron chi connectivity index (χ2n) is 4.50. The summed E-state index contributed by atoms with van der Waals surface area (Å²) in [4.78, 5) is 17.0. The Labute approximate surface area is 103 Å². The maximum atomic E-state index is 13.7. The summed E-state index contributed by atoms with van der Waals surface area (Å²) in [7, 11) is 0. The minimum absolute atomic E-state index is 0.0872. The fourth-order valence-electron chi connectivity index (χ4n) is 2.56. The molecule has 2 fully saturated rings. The van der Waals surface area contributed by atoms with Gasteiger partial charge in [0.25, 0.3) is 0 Å². The molecule has 1 aromatic heterocycles. The Morgan fingerprint density at radius 3 is 3.06 bits per heavy atom. The minimum Gasteiger partial charge on any atom is -0.352 e. The van der Waals surface area contributed by atoms with Crippen LogP contribution in [0.5, 0.6) is 0 Å². The largest absolute Gasteiger partial charge is 0.352 e. The van der Waals surface area contributed by atoms with Crippen LogP contribution in [0.1, 0.15) is 6.42 Å². The molecule has 0 saturated carbocycles. The van der Waals surface area contributed by atoms with Crippen LogP contribution in [0.3, 0.4) is 0 Å². The van der Waals surface area contributed by atoms with Crippen LogP contribution in [0.2, 0.25) is 5.02 Å². The highest BCUT2D eigenvalue weighted by molar-refractivity contribution is 6.30. The molecule has 1 aromatic rings. The number of carbonyl (C=O) groups is 1. The number of aromatic nitrogens is 1. The number of nitrogens with zero attached hydrogens (tertiary/aromatic N) is 2. The van der Waals surface area contributed by atoms with Crippen LogP contribution in [-0.2, 0) is 4.79 Å². The average Bonchev–Trinajstić information content (AvgIpc) is 2.74. The molecule has 2 aliphatic rings. The molecule has 3 heterocycles. The number of amides is 1. The number of fused-ring (bicyclic) bond motifs is 1. The number of carbonyl (C=O) groups excluding carboxylic acids is 1. The predicted octanol–water partition coefficient (Wildman–Crippen LogP) is 1.20. The van der Waals surface area contributed by atoms with E-state index in [4.69, 9.17) is 11.6 Å². The highest BCUT2D eigenvalue weighted by Crippen LogP contribution is 2.30. The van der Waals surface area contributed by atoms with E-state index in [2.05, 4.69) is 10.3 Å². The number of halogens is 2. The Balaban J connectivity index is 1.81. The topological polar surface area (TPSA) is 45.2 Å². The van der Waals surface area contributed by atoms with Crippen LogP contribution in [0.25, 0.3) is 0 Å². The molecule has 0 bridgehead atoms. The van der Waals surface area contributed by atoms with E-state index >= 15 is 0 Å². The van der Waals surface area contributed by atoms with Gasteiger partial charge in [0.1, 0.15) is 0 Å². The van der Waals surface area contributed by atoms with Gasteiger partial charge in [-0.2, -0.15) is 0 Å². The molecule has 0 radical (unpaired) electrons. The van der Waals surface area contributed by atoms with E-state index in [1.165, 1.54) is 12.3 Å². The third kappa shape index (κ3) is 1.84. The van der Waals surface area contributed by atoms with Gasteiger partial charge in [-0.3, -0.25) is 4.79 Å². The van der Waals surface area contributed by atoms with Gasteiger partial charge in [-0.15, -0.1) is 0 Å². The van der Waals surface area contributed by atoms with Gasteiger partial charge in [-0.05, 0) is 6.07 Å². The van der Waals surface area contributed by atoms with Crippen LogP contribution in [0.4, 0.5) is 10.2 Å². The summed E-state index contributed by atoms with van der Waals surface area (Å²) in [5.74, 6) is 0.255. The van der Waals surface area contributed by atoms with Crippen LogP contribution >= 0.6 is 11.6 Å². The fourth-order valence-corrected chi connectivity index (χ4v) is 2.70. The molecule has 6 heteroatoms. The van der Waals surface area contributed by atoms with Crippen LogP contribution in [0, 0.1) is 11.7 Å². The lowest BCUT2D eigenvalue weighted by Crippen LogP contribution is -2.33. The van der Waals surface area contributed by atoms with Gasteiger partial charge in [0.2, 0.25) is 5.91 Å². The Hall–Kier alpha value is -1.36. The van der Waals surface area contributed by atoms with E-state index in [-0.39, 0.29) is 17.9 Å². The molecule has 2 aliphatic heterocycles. The standard InChI is InChI=1S/C11H11ClFN3O/c12-7-2-8(13)11(14-3-7)16-4-6-1-10(17)15-9(6)5-16/h2-3,6,9H,1,4-5H2,(H,15,17)/t6-,9+/m0/s1. The van der Waals surface area contributed by atoms with Crippen molar-refractivity contribution in [1.29, 1.82) is 0 Å². The van der Waals surface area contributed by atoms with Gasteiger partial charge in [0.05, 0.1) is 11.1 Å². The Kier molecular flexibility index (Phi) is 2.43. The highest BCUT2D eigenvalue weighted by atomic mass is 35.5. The van der Waals surface area contributed by atoms with E-state index in [1.54, 1.807) is 0 Å². The maximum absolute atomic E-state index is 13.7. The molecule has 0 spiro atoms. The van der Waals surface area contributed by atoms with Crippen molar-refractivity contribution >= 4 is 23.3 Å². The molecule has 17 heavy (non-hydrogen) atoms. The highest BCUT2D eigenvalue weighted by Gasteiger charge is 2.40. The van der Waals surface area contributed by atoms with E-state index in [0.717, 1.165) is 0 Å². The average molecular weight is 256 g/mol. The summed E-state index contributed by atoms with van der Waals surface area (Å²) >= 11 is 5.66. The Morgan fingerprint density at radius 1 is 1.53 bits per heavy atom. The summed E-state index contributed by atoms with van der Waals surface area (Å²) < 4.78 is 13.7. The first kappa shape index (κ1) is 10.8. The summed E-state index contributed by atoms with van der Waals surface area (Å²) in [5, 5.41) is 3.18. The van der Waals surface area contributed by atoms with Gasteiger partial charge in [-0.25, -0.2) is 9.37 Å². The summed E-state index contributed by atoms with van der Waals surface area (Å²) in [6.07, 6.45) is 1.96. The first-order chi connectivity index (χ1) is 8.13. The monoisotopic (exact) mass is 255 g/mol. The van der Waals surface area contributed by atoms with Crippen molar-refractivity contribution in [2.24, 2.45) is 5.92 Å². The zero-order valence-electron chi connectivity index (χ0n) is 8.99. The maximum Gasteiger partial charge on any atom is 0.220 e. The third-order valence-electron chi connectivity index (χ3n) is 3.32. The van der Waals surface area contributed by atoms with E-state index in [9.17, 15) is 9.18 Å². The second kappa shape index (κ2) is 3.84. The van der Waals surface area contributed by atoms with Crippen molar-refractivity contribution in [2.45, 2.75) is 12.5 Å². The second-order valence-corrected chi connectivity index (χ2v) is 4.94. The third-order valence-corrected chi connectivity index (χ3v) is 3.53. The first-order valence-electron chi connectivity index (χ1n) is 5.49. The molecule has 2 saturated heterocycles. The summed E-state index contributed by atoms with van der Waals surface area (Å²) in [6.45, 7) is 1.27. The fraction of sp³-hybridized carbons (Fsp3) is 0.455. The lowest BCUT2D eigenvalue weighted by atomic mass is 10.1. The van der Waals surface area contributed by atoms with E-state index in [1.807, 2.05) is 4.90 Å². The van der Waals surface area contributed by atoms with Crippen LogP contribution < -0.4 is 10.2 Å². The smallest absolute Gasteiger partial charge is 0.220 e. The predicted molar refractivity (Wildman–Crippen MR) is 61.5 cm³/mol. The van der Waals surface area contributed by atoms with Crippen molar-refractivity contribution in [3.63, 3.8) is 0 Å². The molecular formula is C11H11ClFN3O. The van der Waals surface area contributed by atoms with Gasteiger partial charge in [0, 0.05) is 31.6 Å². The Bertz CT molecular complexity index is 466. The zero-order chi connectivity index (χ0) is 12.0. The van der Waals surface area contributed by atoms with Gasteiger partial charge < -0.3 is 10.2 Å². The van der Waals surface area contributed by atoms with Crippen molar-refractivity contribution in [3.05, 3.63) is 23.1 Å². The Morgan fingerprint density at radius 2 is 2.35 bits per heavy atom. The normalized spacial score (nSPS) is 27.2. The number of nitrogens with one attached hydrogen (secondary N) is 1. The molecular weight excluding hydrogens is 245 g/mol. The van der Waals surface area contributed by atoms with Gasteiger partial charge in [-0.1, -0.05) is 11.6 Å². The molecule has 3 rings (SSSR count). The molecule has 4 nitrogen and oxygen atoms in total. The molecule has 1 N–H and O–H groups in total. The van der Waals surface area contributed by atoms with Crippen LogP contribution in [0.15, 0.2) is 12.3 Å². The van der Waals surface area contributed by atoms with Gasteiger partial charge >= 0.3 is 0 Å². The SMILES string of the molecule is O=C1C[C@H]2CN(c3ncc(Cl)cc3F)C[C@H]2N1. The molecule has 1 amide bonds. The van der Waals surface area contributed by atoms with Crippen molar-refractivity contribution in [3.8, 4) is 0 Å². The molecule has 90 valence electrons. The number of hydrogen-bond acceptors (Lipinski definition) is 3. The van der Waals surface area contributed by atoms with E-state index in [0.29, 0.717) is 30.4 Å². The molecule has 0 aliphatic carbocycles. The zero-order valence-corrected chi connectivity index (χ0v) is 9.75. The first-order valence-corrected chi connectivity index (χ1v) is 5.86. The summed E-state index contributed by atoms with van der Waals surface area (Å²) in [6, 6.07) is 1.38. The van der Waals surface area contributed by atoms with Crippen LogP contribution in [-0.4, -0.2) is 30.0 Å². The quantitative estimate of drug-likeness (QED) is 0.820. The lowest BCUT2D eigenvalue weighted by molar-refractivity contribution is -0.119. The number of anilines is 1. The number of hydrogen-bond donors (Lipinski definition) is 1. The van der Waals surface area contributed by atoms with Gasteiger partial charge in [0.15, 0.2) is 11.6 Å². The summed E-state index contributed by atoms with van der Waals surface area (Å²) in [5.41, 5.74) is 0. The molecule has 0 aromatic carbocycles. The van der Waals surface area contributed by atoms with Crippen molar-refractivity contribution < 1.29 is 9.18 Å². The minimum atomic E-state index is -0.413. The number of pyridine rings is 1. The lowest BCUT2D eigenvalue weighted by Gasteiger charge is -2.18.